The molecule has 2 N–H and O–H groups in total. The van der Waals surface area contributed by atoms with Gasteiger partial charge in [0.15, 0.2) is 0 Å². The molecule has 2 aliphatic rings. The van der Waals surface area contributed by atoms with Crippen LogP contribution in [0, 0.1) is 18.8 Å². The Balaban J connectivity index is 1.89. The highest BCUT2D eigenvalue weighted by Crippen LogP contribution is 2.38. The average molecular weight is 310 g/mol. The molecule has 2 heterocycles. The van der Waals surface area contributed by atoms with Crippen LogP contribution in [0.5, 0.6) is 0 Å². The van der Waals surface area contributed by atoms with Gasteiger partial charge in [0.1, 0.15) is 5.82 Å². The third kappa shape index (κ3) is 2.11. The second-order valence-electron chi connectivity index (χ2n) is 5.78. The highest BCUT2D eigenvalue weighted by atomic mass is 79.9. The summed E-state index contributed by atoms with van der Waals surface area (Å²) in [6.45, 7) is 4.37. The zero-order chi connectivity index (χ0) is 12.7. The van der Waals surface area contributed by atoms with Gasteiger partial charge in [-0.3, -0.25) is 0 Å². The molecule has 1 saturated heterocycles. The van der Waals surface area contributed by atoms with E-state index >= 15 is 0 Å². The van der Waals surface area contributed by atoms with E-state index in [2.05, 4.69) is 32.7 Å². The second kappa shape index (κ2) is 4.72. The summed E-state index contributed by atoms with van der Waals surface area (Å²) in [5.74, 6) is 2.81. The molecule has 18 heavy (non-hydrogen) atoms. The monoisotopic (exact) mass is 309 g/mol. The summed E-state index contributed by atoms with van der Waals surface area (Å²) < 4.78 is 1.07. The van der Waals surface area contributed by atoms with Gasteiger partial charge in [0.25, 0.3) is 0 Å². The molecule has 3 nitrogen and oxygen atoms in total. The SMILES string of the molecule is Cc1c(N)cnc(N2CC3CCCC(C3)C2)c1Br. The molecular weight excluding hydrogens is 290 g/mol. The van der Waals surface area contributed by atoms with Gasteiger partial charge in [0.2, 0.25) is 0 Å². The lowest BCUT2D eigenvalue weighted by atomic mass is 9.78. The molecule has 1 aromatic heterocycles. The molecule has 2 fully saturated rings. The molecule has 0 aromatic carbocycles. The maximum Gasteiger partial charge on any atom is 0.143 e. The Kier molecular flexibility index (Phi) is 3.22. The number of piperidine rings is 1. The van der Waals surface area contributed by atoms with Crippen LogP contribution in [-0.2, 0) is 0 Å². The fraction of sp³-hybridized carbons (Fsp3) is 0.643. The van der Waals surface area contributed by atoms with E-state index in [1.807, 2.05) is 0 Å². The lowest BCUT2D eigenvalue weighted by molar-refractivity contribution is 0.230. The van der Waals surface area contributed by atoms with E-state index < -0.39 is 0 Å². The number of hydrogen-bond donors (Lipinski definition) is 1. The van der Waals surface area contributed by atoms with Crippen molar-refractivity contribution in [2.45, 2.75) is 32.6 Å². The maximum atomic E-state index is 5.90. The summed E-state index contributed by atoms with van der Waals surface area (Å²) in [4.78, 5) is 7.00. The van der Waals surface area contributed by atoms with Crippen molar-refractivity contribution in [3.05, 3.63) is 16.2 Å². The molecule has 1 saturated carbocycles. The molecule has 3 rings (SSSR count). The van der Waals surface area contributed by atoms with E-state index in [9.17, 15) is 0 Å². The Morgan fingerprint density at radius 2 is 2.00 bits per heavy atom. The van der Waals surface area contributed by atoms with Gasteiger partial charge in [-0.25, -0.2) is 4.98 Å². The van der Waals surface area contributed by atoms with E-state index in [0.29, 0.717) is 0 Å². The smallest absolute Gasteiger partial charge is 0.143 e. The first kappa shape index (κ1) is 12.3. The summed E-state index contributed by atoms with van der Waals surface area (Å²) in [5, 5.41) is 0. The van der Waals surface area contributed by atoms with Crippen molar-refractivity contribution in [3.8, 4) is 0 Å². The summed E-state index contributed by atoms with van der Waals surface area (Å²) in [6, 6.07) is 0. The van der Waals surface area contributed by atoms with Crippen LogP contribution in [0.3, 0.4) is 0 Å². The summed E-state index contributed by atoms with van der Waals surface area (Å²) in [7, 11) is 0. The Morgan fingerprint density at radius 1 is 1.33 bits per heavy atom. The Labute approximate surface area is 117 Å². The van der Waals surface area contributed by atoms with E-state index in [-0.39, 0.29) is 0 Å². The molecule has 1 aromatic rings. The molecule has 1 aliphatic carbocycles. The van der Waals surface area contributed by atoms with Crippen LogP contribution in [0.25, 0.3) is 0 Å². The third-order valence-corrected chi connectivity index (χ3v) is 5.38. The molecule has 98 valence electrons. The normalized spacial score (nSPS) is 27.3. The predicted molar refractivity (Wildman–Crippen MR) is 78.7 cm³/mol. The minimum absolute atomic E-state index is 0.767. The van der Waals surface area contributed by atoms with Crippen LogP contribution in [0.2, 0.25) is 0 Å². The first-order chi connectivity index (χ1) is 8.65. The van der Waals surface area contributed by atoms with Crippen LogP contribution in [0.4, 0.5) is 11.5 Å². The number of nitrogen functional groups attached to an aromatic ring is 1. The van der Waals surface area contributed by atoms with Gasteiger partial charge in [-0.15, -0.1) is 0 Å². The molecule has 4 heteroatoms. The number of hydrogen-bond acceptors (Lipinski definition) is 3. The van der Waals surface area contributed by atoms with E-state index in [4.69, 9.17) is 5.73 Å². The van der Waals surface area contributed by atoms with Crippen molar-refractivity contribution in [3.63, 3.8) is 0 Å². The molecule has 0 radical (unpaired) electrons. The molecule has 1 aliphatic heterocycles. The lowest BCUT2D eigenvalue weighted by Crippen LogP contribution is -2.43. The zero-order valence-corrected chi connectivity index (χ0v) is 12.4. The molecule has 2 unspecified atom stereocenters. The zero-order valence-electron chi connectivity index (χ0n) is 10.8. The topological polar surface area (TPSA) is 42.1 Å². The number of halogens is 1. The van der Waals surface area contributed by atoms with Crippen molar-refractivity contribution >= 4 is 27.4 Å². The molecule has 2 atom stereocenters. The summed E-state index contributed by atoms with van der Waals surface area (Å²) in [5.41, 5.74) is 7.77. The molecular formula is C14H20BrN3. The number of aromatic nitrogens is 1. The van der Waals surface area contributed by atoms with Crippen LogP contribution in [-0.4, -0.2) is 18.1 Å². The van der Waals surface area contributed by atoms with Crippen LogP contribution >= 0.6 is 15.9 Å². The Bertz CT molecular complexity index is 449. The van der Waals surface area contributed by atoms with Crippen molar-refractivity contribution in [1.29, 1.82) is 0 Å². The number of rotatable bonds is 1. The fourth-order valence-corrected chi connectivity index (χ4v) is 3.99. The van der Waals surface area contributed by atoms with E-state index in [0.717, 1.165) is 46.5 Å². The summed E-state index contributed by atoms with van der Waals surface area (Å²) >= 11 is 3.66. The van der Waals surface area contributed by atoms with Gasteiger partial charge < -0.3 is 10.6 Å². The minimum atomic E-state index is 0.767. The third-order valence-electron chi connectivity index (χ3n) is 4.43. The van der Waals surface area contributed by atoms with Gasteiger partial charge in [-0.05, 0) is 59.5 Å². The fourth-order valence-electron chi connectivity index (χ4n) is 3.40. The first-order valence-electron chi connectivity index (χ1n) is 6.80. The Hall–Kier alpha value is -0.770. The van der Waals surface area contributed by atoms with Crippen LogP contribution < -0.4 is 10.6 Å². The van der Waals surface area contributed by atoms with Gasteiger partial charge in [-0.1, -0.05) is 6.42 Å². The van der Waals surface area contributed by atoms with Crippen molar-refractivity contribution in [2.75, 3.05) is 23.7 Å². The number of fused-ring (bicyclic) bond motifs is 2. The van der Waals surface area contributed by atoms with Crippen LogP contribution in [0.15, 0.2) is 10.7 Å². The molecule has 2 bridgehead atoms. The summed E-state index contributed by atoms with van der Waals surface area (Å²) in [6.07, 6.45) is 7.40. The number of nitrogens with zero attached hydrogens (tertiary/aromatic N) is 2. The maximum absolute atomic E-state index is 5.90. The largest absolute Gasteiger partial charge is 0.397 e. The van der Waals surface area contributed by atoms with Crippen molar-refractivity contribution < 1.29 is 0 Å². The molecule has 0 spiro atoms. The Morgan fingerprint density at radius 3 is 2.67 bits per heavy atom. The predicted octanol–water partition coefficient (Wildman–Crippen LogP) is 3.36. The second-order valence-corrected chi connectivity index (χ2v) is 6.57. The minimum Gasteiger partial charge on any atom is -0.397 e. The first-order valence-corrected chi connectivity index (χ1v) is 7.60. The standard InChI is InChI=1S/C14H20BrN3/c1-9-12(16)6-17-14(13(9)15)18-7-10-3-2-4-11(5-10)8-18/h6,10-11H,2-5,7-8,16H2,1H3. The van der Waals surface area contributed by atoms with Crippen molar-refractivity contribution in [2.24, 2.45) is 11.8 Å². The van der Waals surface area contributed by atoms with Gasteiger partial charge in [0, 0.05) is 13.1 Å². The lowest BCUT2D eigenvalue weighted by Gasteiger charge is -2.42. The van der Waals surface area contributed by atoms with Crippen molar-refractivity contribution in [1.82, 2.24) is 4.98 Å². The quantitative estimate of drug-likeness (QED) is 0.865. The molecule has 0 amide bonds. The van der Waals surface area contributed by atoms with Crippen LogP contribution in [0.1, 0.15) is 31.2 Å². The average Bonchev–Trinajstić information content (AvgIpc) is 2.35. The van der Waals surface area contributed by atoms with Gasteiger partial charge in [0.05, 0.1) is 16.4 Å². The van der Waals surface area contributed by atoms with Gasteiger partial charge >= 0.3 is 0 Å². The number of anilines is 2. The number of nitrogens with two attached hydrogens (primary N) is 1. The highest BCUT2D eigenvalue weighted by Gasteiger charge is 2.31. The van der Waals surface area contributed by atoms with Gasteiger partial charge in [-0.2, -0.15) is 0 Å². The number of pyridine rings is 1. The van der Waals surface area contributed by atoms with E-state index in [1.54, 1.807) is 6.20 Å². The van der Waals surface area contributed by atoms with E-state index in [1.165, 1.54) is 25.7 Å². The highest BCUT2D eigenvalue weighted by molar-refractivity contribution is 9.10.